The molecular weight excluding hydrogens is 170 g/mol. The molecule has 76 valence electrons. The summed E-state index contributed by atoms with van der Waals surface area (Å²) in [5.74, 6) is 0. The van der Waals surface area contributed by atoms with Crippen LogP contribution in [0.25, 0.3) is 0 Å². The SMILES string of the molecule is C[C@H]1CCCN1CCc1ccccc1. The Kier molecular flexibility index (Phi) is 3.20. The standard InChI is InChI=1S/C13H19N/c1-12-6-5-10-14(12)11-9-13-7-3-2-4-8-13/h2-4,7-8,12H,5-6,9-11H2,1H3/t12-/m0/s1. The molecular formula is C13H19N. The molecule has 0 spiro atoms. The van der Waals surface area contributed by atoms with Crippen molar-refractivity contribution in [3.05, 3.63) is 35.9 Å². The van der Waals surface area contributed by atoms with Crippen LogP contribution in [0.3, 0.4) is 0 Å². The third kappa shape index (κ3) is 2.36. The molecule has 1 aliphatic rings. The largest absolute Gasteiger partial charge is 0.300 e. The number of benzene rings is 1. The lowest BCUT2D eigenvalue weighted by Crippen LogP contribution is -2.28. The topological polar surface area (TPSA) is 3.24 Å². The Morgan fingerprint density at radius 2 is 2.07 bits per heavy atom. The zero-order valence-corrected chi connectivity index (χ0v) is 8.95. The molecule has 1 aromatic rings. The van der Waals surface area contributed by atoms with Gasteiger partial charge in [-0.3, -0.25) is 0 Å². The van der Waals surface area contributed by atoms with Gasteiger partial charge in [-0.25, -0.2) is 0 Å². The van der Waals surface area contributed by atoms with Crippen molar-refractivity contribution < 1.29 is 0 Å². The van der Waals surface area contributed by atoms with Crippen LogP contribution in [0.5, 0.6) is 0 Å². The Hall–Kier alpha value is -0.820. The van der Waals surface area contributed by atoms with Gasteiger partial charge in [0, 0.05) is 12.6 Å². The molecule has 0 aromatic heterocycles. The minimum Gasteiger partial charge on any atom is -0.300 e. The van der Waals surface area contributed by atoms with Gasteiger partial charge in [0.05, 0.1) is 0 Å². The van der Waals surface area contributed by atoms with E-state index in [1.165, 1.54) is 37.9 Å². The number of rotatable bonds is 3. The first-order chi connectivity index (χ1) is 6.86. The van der Waals surface area contributed by atoms with Crippen molar-refractivity contribution in [3.8, 4) is 0 Å². The van der Waals surface area contributed by atoms with Gasteiger partial charge in [0.2, 0.25) is 0 Å². The van der Waals surface area contributed by atoms with Crippen molar-refractivity contribution in [2.75, 3.05) is 13.1 Å². The van der Waals surface area contributed by atoms with E-state index in [1.807, 2.05) is 0 Å². The van der Waals surface area contributed by atoms with Gasteiger partial charge in [0.15, 0.2) is 0 Å². The summed E-state index contributed by atoms with van der Waals surface area (Å²) >= 11 is 0. The van der Waals surface area contributed by atoms with Gasteiger partial charge in [-0.2, -0.15) is 0 Å². The third-order valence-electron chi connectivity index (χ3n) is 3.22. The van der Waals surface area contributed by atoms with Crippen LogP contribution >= 0.6 is 0 Å². The van der Waals surface area contributed by atoms with Crippen molar-refractivity contribution in [1.82, 2.24) is 4.90 Å². The summed E-state index contributed by atoms with van der Waals surface area (Å²) in [7, 11) is 0. The molecule has 0 N–H and O–H groups in total. The fourth-order valence-electron chi connectivity index (χ4n) is 2.24. The lowest BCUT2D eigenvalue weighted by atomic mass is 10.1. The zero-order valence-electron chi connectivity index (χ0n) is 8.95. The molecule has 1 nitrogen and oxygen atoms in total. The van der Waals surface area contributed by atoms with Crippen LogP contribution in [0.4, 0.5) is 0 Å². The Morgan fingerprint density at radius 1 is 1.29 bits per heavy atom. The first kappa shape index (κ1) is 9.72. The van der Waals surface area contributed by atoms with Gasteiger partial charge in [-0.1, -0.05) is 30.3 Å². The lowest BCUT2D eigenvalue weighted by Gasteiger charge is -2.20. The number of hydrogen-bond donors (Lipinski definition) is 0. The normalized spacial score (nSPS) is 22.8. The highest BCUT2D eigenvalue weighted by Gasteiger charge is 2.18. The van der Waals surface area contributed by atoms with Crippen molar-refractivity contribution in [2.45, 2.75) is 32.2 Å². The molecule has 1 saturated heterocycles. The van der Waals surface area contributed by atoms with Crippen LogP contribution in [0.1, 0.15) is 25.3 Å². The molecule has 1 fully saturated rings. The molecule has 1 heteroatoms. The second kappa shape index (κ2) is 4.61. The second-order valence-corrected chi connectivity index (χ2v) is 4.26. The van der Waals surface area contributed by atoms with E-state index >= 15 is 0 Å². The molecule has 1 atom stereocenters. The summed E-state index contributed by atoms with van der Waals surface area (Å²) < 4.78 is 0. The van der Waals surface area contributed by atoms with Gasteiger partial charge < -0.3 is 4.90 Å². The number of hydrogen-bond acceptors (Lipinski definition) is 1. The van der Waals surface area contributed by atoms with E-state index in [2.05, 4.69) is 42.2 Å². The van der Waals surface area contributed by atoms with E-state index in [0.717, 1.165) is 6.04 Å². The molecule has 0 unspecified atom stereocenters. The highest BCUT2D eigenvalue weighted by molar-refractivity contribution is 5.14. The molecule has 0 saturated carbocycles. The smallest absolute Gasteiger partial charge is 0.00675 e. The minimum atomic E-state index is 0.804. The maximum Gasteiger partial charge on any atom is 0.00675 e. The summed E-state index contributed by atoms with van der Waals surface area (Å²) in [6.07, 6.45) is 3.97. The predicted octanol–water partition coefficient (Wildman–Crippen LogP) is 2.71. The van der Waals surface area contributed by atoms with Crippen molar-refractivity contribution in [2.24, 2.45) is 0 Å². The fourth-order valence-corrected chi connectivity index (χ4v) is 2.24. The molecule has 0 amide bonds. The van der Waals surface area contributed by atoms with E-state index in [9.17, 15) is 0 Å². The molecule has 0 radical (unpaired) electrons. The van der Waals surface area contributed by atoms with Crippen LogP contribution in [0.15, 0.2) is 30.3 Å². The van der Waals surface area contributed by atoms with Crippen LogP contribution in [-0.4, -0.2) is 24.0 Å². The average molecular weight is 189 g/mol. The fraction of sp³-hybridized carbons (Fsp3) is 0.538. The Balaban J connectivity index is 1.82. The highest BCUT2D eigenvalue weighted by Crippen LogP contribution is 2.16. The predicted molar refractivity (Wildman–Crippen MR) is 60.4 cm³/mol. The molecule has 0 bridgehead atoms. The van der Waals surface area contributed by atoms with Crippen molar-refractivity contribution in [3.63, 3.8) is 0 Å². The molecule has 1 aliphatic heterocycles. The average Bonchev–Trinajstić information content (AvgIpc) is 2.63. The summed E-state index contributed by atoms with van der Waals surface area (Å²) in [5, 5.41) is 0. The maximum atomic E-state index is 2.60. The highest BCUT2D eigenvalue weighted by atomic mass is 15.2. The van der Waals surface area contributed by atoms with Gasteiger partial charge in [0.25, 0.3) is 0 Å². The monoisotopic (exact) mass is 189 g/mol. The first-order valence-corrected chi connectivity index (χ1v) is 5.64. The van der Waals surface area contributed by atoms with Crippen LogP contribution in [0.2, 0.25) is 0 Å². The summed E-state index contributed by atoms with van der Waals surface area (Å²) in [6, 6.07) is 11.6. The molecule has 1 aromatic carbocycles. The van der Waals surface area contributed by atoms with E-state index in [1.54, 1.807) is 0 Å². The number of nitrogens with zero attached hydrogens (tertiary/aromatic N) is 1. The van der Waals surface area contributed by atoms with E-state index in [0.29, 0.717) is 0 Å². The zero-order chi connectivity index (χ0) is 9.80. The second-order valence-electron chi connectivity index (χ2n) is 4.26. The number of likely N-dealkylation sites (tertiary alicyclic amines) is 1. The molecule has 0 aliphatic carbocycles. The molecule has 14 heavy (non-hydrogen) atoms. The van der Waals surface area contributed by atoms with Gasteiger partial charge in [-0.15, -0.1) is 0 Å². The Labute approximate surface area is 86.7 Å². The molecule has 2 rings (SSSR count). The van der Waals surface area contributed by atoms with Crippen LogP contribution < -0.4 is 0 Å². The van der Waals surface area contributed by atoms with E-state index in [-0.39, 0.29) is 0 Å². The van der Waals surface area contributed by atoms with Crippen molar-refractivity contribution >= 4 is 0 Å². The first-order valence-electron chi connectivity index (χ1n) is 5.64. The quantitative estimate of drug-likeness (QED) is 0.706. The van der Waals surface area contributed by atoms with Gasteiger partial charge in [0.1, 0.15) is 0 Å². The van der Waals surface area contributed by atoms with Gasteiger partial charge in [-0.05, 0) is 38.3 Å². The maximum absolute atomic E-state index is 2.60. The third-order valence-corrected chi connectivity index (χ3v) is 3.22. The van der Waals surface area contributed by atoms with E-state index < -0.39 is 0 Å². The van der Waals surface area contributed by atoms with Crippen molar-refractivity contribution in [1.29, 1.82) is 0 Å². The summed E-state index contributed by atoms with van der Waals surface area (Å²) in [4.78, 5) is 2.60. The minimum absolute atomic E-state index is 0.804. The summed E-state index contributed by atoms with van der Waals surface area (Å²) in [5.41, 5.74) is 1.46. The summed E-state index contributed by atoms with van der Waals surface area (Å²) in [6.45, 7) is 4.87. The van der Waals surface area contributed by atoms with Crippen LogP contribution in [-0.2, 0) is 6.42 Å². The van der Waals surface area contributed by atoms with Gasteiger partial charge >= 0.3 is 0 Å². The Morgan fingerprint density at radius 3 is 2.71 bits per heavy atom. The Bertz CT molecular complexity index is 268. The molecule has 1 heterocycles. The lowest BCUT2D eigenvalue weighted by molar-refractivity contribution is 0.272. The van der Waals surface area contributed by atoms with E-state index in [4.69, 9.17) is 0 Å². The van der Waals surface area contributed by atoms with Crippen LogP contribution in [0, 0.1) is 0 Å².